The van der Waals surface area contributed by atoms with E-state index in [4.69, 9.17) is 0 Å². The molecule has 0 unspecified atom stereocenters. The molecular formula is C6H10Br2N2. The lowest BCUT2D eigenvalue weighted by Gasteiger charge is -1.98. The Labute approximate surface area is 79.5 Å². The minimum Gasteiger partial charge on any atom is -0.334 e. The van der Waals surface area contributed by atoms with Gasteiger partial charge in [0.1, 0.15) is 0 Å². The van der Waals surface area contributed by atoms with Crippen molar-refractivity contribution in [2.24, 2.45) is 0 Å². The van der Waals surface area contributed by atoms with Crippen molar-refractivity contribution in [1.29, 1.82) is 0 Å². The molecule has 1 rings (SSSR count). The molecule has 1 aromatic heterocycles. The third kappa shape index (κ3) is 2.09. The zero-order valence-electron chi connectivity index (χ0n) is 5.75. The molecule has 0 saturated heterocycles. The molecule has 0 bridgehead atoms. The third-order valence-corrected chi connectivity index (χ3v) is 1.85. The molecule has 10 heavy (non-hydrogen) atoms. The fraction of sp³-hybridized carbons (Fsp3) is 0.500. The summed E-state index contributed by atoms with van der Waals surface area (Å²) in [5.74, 6) is 0. The van der Waals surface area contributed by atoms with Crippen LogP contribution in [0, 0.1) is 0 Å². The van der Waals surface area contributed by atoms with Crippen molar-refractivity contribution < 1.29 is 0 Å². The number of hydrogen-bond acceptors (Lipinski definition) is 1. The summed E-state index contributed by atoms with van der Waals surface area (Å²) in [5.41, 5.74) is 1.23. The summed E-state index contributed by atoms with van der Waals surface area (Å²) in [7, 11) is 0. The lowest BCUT2D eigenvalue weighted by Crippen LogP contribution is -1.95. The Bertz CT molecular complexity index is 167. The minimum atomic E-state index is 0. The highest BCUT2D eigenvalue weighted by Crippen LogP contribution is 2.03. The highest BCUT2D eigenvalue weighted by molar-refractivity contribution is 9.08. The van der Waals surface area contributed by atoms with Gasteiger partial charge in [0.2, 0.25) is 0 Å². The maximum atomic E-state index is 4.00. The number of rotatable bonds is 2. The number of imidazole rings is 1. The van der Waals surface area contributed by atoms with E-state index in [0.717, 1.165) is 11.9 Å². The van der Waals surface area contributed by atoms with E-state index in [0.29, 0.717) is 0 Å². The Hall–Kier alpha value is 0.170. The van der Waals surface area contributed by atoms with Crippen LogP contribution in [0.5, 0.6) is 0 Å². The van der Waals surface area contributed by atoms with Crippen molar-refractivity contribution in [3.8, 4) is 0 Å². The lowest BCUT2D eigenvalue weighted by atomic mass is 10.5. The Kier molecular flexibility index (Phi) is 4.99. The predicted octanol–water partition coefficient (Wildman–Crippen LogP) is 2.38. The van der Waals surface area contributed by atoms with Crippen molar-refractivity contribution in [3.63, 3.8) is 0 Å². The normalized spacial score (nSPS) is 9.00. The Morgan fingerprint density at radius 1 is 1.70 bits per heavy atom. The molecule has 58 valence electrons. The Balaban J connectivity index is 0.000000810. The smallest absolute Gasteiger partial charge is 0.0948 e. The second-order valence-corrected chi connectivity index (χ2v) is 2.37. The summed E-state index contributed by atoms with van der Waals surface area (Å²) in [6, 6.07) is 0. The van der Waals surface area contributed by atoms with Crippen LogP contribution in [0.25, 0.3) is 0 Å². The fourth-order valence-corrected chi connectivity index (χ4v) is 1.21. The van der Waals surface area contributed by atoms with E-state index in [1.165, 1.54) is 5.69 Å². The van der Waals surface area contributed by atoms with Crippen LogP contribution in [0.3, 0.4) is 0 Å². The van der Waals surface area contributed by atoms with Crippen molar-refractivity contribution in [3.05, 3.63) is 18.2 Å². The van der Waals surface area contributed by atoms with Gasteiger partial charge in [0.05, 0.1) is 6.33 Å². The monoisotopic (exact) mass is 268 g/mol. The first-order chi connectivity index (χ1) is 4.38. The van der Waals surface area contributed by atoms with E-state index >= 15 is 0 Å². The number of nitrogens with zero attached hydrogens (tertiary/aromatic N) is 2. The van der Waals surface area contributed by atoms with E-state index < -0.39 is 0 Å². The molecule has 1 heterocycles. The van der Waals surface area contributed by atoms with E-state index in [2.05, 4.69) is 32.4 Å². The van der Waals surface area contributed by atoms with Crippen LogP contribution in [-0.4, -0.2) is 9.55 Å². The highest BCUT2D eigenvalue weighted by Gasteiger charge is 1.94. The van der Waals surface area contributed by atoms with Crippen molar-refractivity contribution in [2.75, 3.05) is 0 Å². The number of aryl methyl sites for hydroxylation is 1. The second-order valence-electron chi connectivity index (χ2n) is 1.80. The van der Waals surface area contributed by atoms with Gasteiger partial charge in [0.15, 0.2) is 0 Å². The molecule has 2 nitrogen and oxygen atoms in total. The third-order valence-electron chi connectivity index (χ3n) is 1.28. The molecule has 0 atom stereocenters. The van der Waals surface area contributed by atoms with E-state index in [1.807, 2.05) is 12.5 Å². The van der Waals surface area contributed by atoms with Gasteiger partial charge in [-0.15, -0.1) is 17.0 Å². The molecule has 0 amide bonds. The van der Waals surface area contributed by atoms with Crippen LogP contribution in [0.15, 0.2) is 12.5 Å². The molecule has 0 spiro atoms. The van der Waals surface area contributed by atoms with E-state index in [-0.39, 0.29) is 17.0 Å². The molecule has 0 radical (unpaired) electrons. The van der Waals surface area contributed by atoms with E-state index in [1.54, 1.807) is 0 Å². The predicted molar refractivity (Wildman–Crippen MR) is 50.9 cm³/mol. The molecule has 0 fully saturated rings. The van der Waals surface area contributed by atoms with Crippen LogP contribution in [0.1, 0.15) is 12.6 Å². The second kappa shape index (κ2) is 4.91. The zero-order valence-corrected chi connectivity index (χ0v) is 9.05. The highest BCUT2D eigenvalue weighted by atomic mass is 79.9. The number of aromatic nitrogens is 2. The van der Waals surface area contributed by atoms with Gasteiger partial charge in [-0.1, -0.05) is 15.9 Å². The van der Waals surface area contributed by atoms with Crippen molar-refractivity contribution in [2.45, 2.75) is 18.8 Å². The first kappa shape index (κ1) is 10.2. The summed E-state index contributed by atoms with van der Waals surface area (Å²) in [4.78, 5) is 4.00. The van der Waals surface area contributed by atoms with Gasteiger partial charge in [-0.05, 0) is 6.92 Å². The topological polar surface area (TPSA) is 17.8 Å². The molecular weight excluding hydrogens is 260 g/mol. The number of hydrogen-bond donors (Lipinski definition) is 0. The minimum absolute atomic E-state index is 0. The average Bonchev–Trinajstić information content (AvgIpc) is 2.33. The zero-order chi connectivity index (χ0) is 6.69. The maximum absolute atomic E-state index is 4.00. The summed E-state index contributed by atoms with van der Waals surface area (Å²) in [6.45, 7) is 3.11. The SMILES string of the molecule is Br.CCn1cncc1CBr. The van der Waals surface area contributed by atoms with Gasteiger partial charge < -0.3 is 4.57 Å². The Morgan fingerprint density at radius 3 is 2.80 bits per heavy atom. The first-order valence-electron chi connectivity index (χ1n) is 2.93. The molecule has 0 N–H and O–H groups in total. The summed E-state index contributed by atoms with van der Waals surface area (Å²) in [5, 5.41) is 0.890. The Morgan fingerprint density at radius 2 is 2.40 bits per heavy atom. The quantitative estimate of drug-likeness (QED) is 0.754. The summed E-state index contributed by atoms with van der Waals surface area (Å²) >= 11 is 3.37. The van der Waals surface area contributed by atoms with Crippen LogP contribution in [0.2, 0.25) is 0 Å². The first-order valence-corrected chi connectivity index (χ1v) is 4.05. The molecule has 0 aromatic carbocycles. The summed E-state index contributed by atoms with van der Waals surface area (Å²) < 4.78 is 2.11. The lowest BCUT2D eigenvalue weighted by molar-refractivity contribution is 0.735. The van der Waals surface area contributed by atoms with Crippen LogP contribution in [-0.2, 0) is 11.9 Å². The molecule has 1 aromatic rings. The van der Waals surface area contributed by atoms with Crippen molar-refractivity contribution in [1.82, 2.24) is 9.55 Å². The van der Waals surface area contributed by atoms with Gasteiger partial charge >= 0.3 is 0 Å². The molecule has 4 heteroatoms. The standard InChI is InChI=1S/C6H9BrN2.BrH/c1-2-9-5-8-4-6(9)3-7;/h4-5H,2-3H2,1H3;1H. The van der Waals surface area contributed by atoms with Gasteiger partial charge in [-0.25, -0.2) is 4.98 Å². The van der Waals surface area contributed by atoms with Gasteiger partial charge in [-0.3, -0.25) is 0 Å². The van der Waals surface area contributed by atoms with Gasteiger partial charge in [-0.2, -0.15) is 0 Å². The fourth-order valence-electron chi connectivity index (χ4n) is 0.744. The van der Waals surface area contributed by atoms with Crippen LogP contribution >= 0.6 is 32.9 Å². The van der Waals surface area contributed by atoms with Crippen LogP contribution < -0.4 is 0 Å². The molecule has 0 aliphatic rings. The van der Waals surface area contributed by atoms with Gasteiger partial charge in [0, 0.05) is 23.8 Å². The molecule has 0 saturated carbocycles. The maximum Gasteiger partial charge on any atom is 0.0948 e. The van der Waals surface area contributed by atoms with E-state index in [9.17, 15) is 0 Å². The van der Waals surface area contributed by atoms with Crippen molar-refractivity contribution >= 4 is 32.9 Å². The number of alkyl halides is 1. The van der Waals surface area contributed by atoms with Crippen LogP contribution in [0.4, 0.5) is 0 Å². The average molecular weight is 270 g/mol. The molecule has 0 aliphatic carbocycles. The summed E-state index contributed by atoms with van der Waals surface area (Å²) in [6.07, 6.45) is 3.72. The number of halogens is 2. The van der Waals surface area contributed by atoms with Gasteiger partial charge in [0.25, 0.3) is 0 Å². The molecule has 0 aliphatic heterocycles. The largest absolute Gasteiger partial charge is 0.334 e.